The van der Waals surface area contributed by atoms with E-state index in [2.05, 4.69) is 10.3 Å². The second-order valence-electron chi connectivity index (χ2n) is 6.73. The Morgan fingerprint density at radius 2 is 1.79 bits per heavy atom. The highest BCUT2D eigenvalue weighted by Gasteiger charge is 2.44. The third-order valence-corrected chi connectivity index (χ3v) is 5.93. The lowest BCUT2D eigenvalue weighted by atomic mass is 9.98. The molecule has 1 aliphatic rings. The molecule has 2 aromatic rings. The molecule has 0 aromatic heterocycles. The van der Waals surface area contributed by atoms with Gasteiger partial charge in [-0.3, -0.25) is 14.6 Å². The lowest BCUT2D eigenvalue weighted by molar-refractivity contribution is -0.138. The van der Waals surface area contributed by atoms with Crippen molar-refractivity contribution in [3.8, 4) is 0 Å². The van der Waals surface area contributed by atoms with Crippen LogP contribution in [-0.4, -0.2) is 17.0 Å². The number of hydrogen-bond donors (Lipinski definition) is 2. The van der Waals surface area contributed by atoms with E-state index in [1.54, 1.807) is 26.0 Å². The molecule has 2 atom stereocenters. The number of amides is 2. The Labute approximate surface area is 169 Å². The molecule has 0 saturated carbocycles. The lowest BCUT2D eigenvalue weighted by Crippen LogP contribution is -2.31. The van der Waals surface area contributed by atoms with E-state index in [1.807, 2.05) is 0 Å². The number of aliphatic imine (C=N–C) groups is 1. The van der Waals surface area contributed by atoms with Crippen molar-refractivity contribution in [2.45, 2.75) is 30.8 Å². The fourth-order valence-corrected chi connectivity index (χ4v) is 4.19. The first-order chi connectivity index (χ1) is 13.5. The van der Waals surface area contributed by atoms with E-state index >= 15 is 0 Å². The number of halogens is 3. The van der Waals surface area contributed by atoms with Crippen molar-refractivity contribution >= 4 is 28.7 Å². The molecule has 2 unspecified atom stereocenters. The number of carbonyl (C=O) groups excluding carboxylic acids is 2. The van der Waals surface area contributed by atoms with Gasteiger partial charge in [-0.2, -0.15) is 13.2 Å². The fourth-order valence-electron chi connectivity index (χ4n) is 3.05. The minimum Gasteiger partial charge on any atom is -0.366 e. The van der Waals surface area contributed by atoms with Gasteiger partial charge in [-0.15, -0.1) is 0 Å². The number of benzene rings is 2. The molecule has 1 heterocycles. The Balaban J connectivity index is 1.88. The van der Waals surface area contributed by atoms with Crippen LogP contribution in [-0.2, 0) is 15.7 Å². The molecule has 1 aliphatic heterocycles. The SMILES string of the molecule is CC(N=C1NC(=O)C(C)(c2ccc(C(N)=O)cc2)S1)c1ccccc1C(F)(F)F. The normalized spacial score (nSPS) is 21.8. The summed E-state index contributed by atoms with van der Waals surface area (Å²) in [7, 11) is 0. The van der Waals surface area contributed by atoms with Gasteiger partial charge in [0.2, 0.25) is 11.8 Å². The van der Waals surface area contributed by atoms with Gasteiger partial charge in [0.25, 0.3) is 0 Å². The summed E-state index contributed by atoms with van der Waals surface area (Å²) in [6.45, 7) is 3.23. The Kier molecular flexibility index (Phi) is 5.44. The van der Waals surface area contributed by atoms with Crippen molar-refractivity contribution in [2.75, 3.05) is 0 Å². The number of rotatable bonds is 4. The highest BCUT2D eigenvalue weighted by Crippen LogP contribution is 2.42. The highest BCUT2D eigenvalue weighted by atomic mass is 32.2. The number of carbonyl (C=O) groups is 2. The average Bonchev–Trinajstić information content (AvgIpc) is 2.95. The van der Waals surface area contributed by atoms with Crippen LogP contribution in [0.3, 0.4) is 0 Å². The number of hydrogen-bond acceptors (Lipinski definition) is 4. The molecule has 0 bridgehead atoms. The van der Waals surface area contributed by atoms with E-state index in [1.165, 1.54) is 30.3 Å². The Hall–Kier alpha value is -2.81. The second kappa shape index (κ2) is 7.55. The predicted molar refractivity (Wildman–Crippen MR) is 105 cm³/mol. The highest BCUT2D eigenvalue weighted by molar-refractivity contribution is 8.15. The third kappa shape index (κ3) is 4.14. The van der Waals surface area contributed by atoms with Gasteiger partial charge in [0.1, 0.15) is 4.75 Å². The van der Waals surface area contributed by atoms with Crippen LogP contribution >= 0.6 is 11.8 Å². The van der Waals surface area contributed by atoms with Crippen molar-refractivity contribution in [3.63, 3.8) is 0 Å². The molecule has 152 valence electrons. The quantitative estimate of drug-likeness (QED) is 0.783. The summed E-state index contributed by atoms with van der Waals surface area (Å²) in [5.74, 6) is -0.922. The van der Waals surface area contributed by atoms with Gasteiger partial charge in [-0.25, -0.2) is 0 Å². The van der Waals surface area contributed by atoms with Crippen LogP contribution in [0.25, 0.3) is 0 Å². The lowest BCUT2D eigenvalue weighted by Gasteiger charge is -2.19. The van der Waals surface area contributed by atoms with Gasteiger partial charge in [-0.05, 0) is 43.2 Å². The van der Waals surface area contributed by atoms with Crippen molar-refractivity contribution in [2.24, 2.45) is 10.7 Å². The first-order valence-electron chi connectivity index (χ1n) is 8.67. The number of nitrogens with two attached hydrogens (primary N) is 1. The van der Waals surface area contributed by atoms with Crippen molar-refractivity contribution in [1.29, 1.82) is 0 Å². The van der Waals surface area contributed by atoms with Crippen LogP contribution in [0, 0.1) is 0 Å². The van der Waals surface area contributed by atoms with Gasteiger partial charge in [-0.1, -0.05) is 42.1 Å². The molecular weight excluding hydrogens is 403 g/mol. The van der Waals surface area contributed by atoms with Crippen LogP contribution in [0.1, 0.15) is 46.9 Å². The smallest absolute Gasteiger partial charge is 0.366 e. The van der Waals surface area contributed by atoms with E-state index in [9.17, 15) is 22.8 Å². The number of thioether (sulfide) groups is 1. The zero-order chi connectivity index (χ0) is 21.4. The first-order valence-corrected chi connectivity index (χ1v) is 9.49. The number of nitrogens with one attached hydrogen (secondary N) is 1. The van der Waals surface area contributed by atoms with Crippen molar-refractivity contribution in [1.82, 2.24) is 5.32 Å². The summed E-state index contributed by atoms with van der Waals surface area (Å²) in [5.41, 5.74) is 5.44. The Morgan fingerprint density at radius 1 is 1.17 bits per heavy atom. The first kappa shape index (κ1) is 20.9. The maximum Gasteiger partial charge on any atom is 0.416 e. The number of nitrogens with zero attached hydrogens (tertiary/aromatic N) is 1. The maximum absolute atomic E-state index is 13.3. The van der Waals surface area contributed by atoms with Crippen molar-refractivity contribution in [3.05, 3.63) is 70.8 Å². The van der Waals surface area contributed by atoms with E-state index in [0.717, 1.165) is 17.8 Å². The minimum atomic E-state index is -4.49. The summed E-state index contributed by atoms with van der Waals surface area (Å²) >= 11 is 1.12. The molecule has 0 radical (unpaired) electrons. The molecule has 2 aromatic carbocycles. The Morgan fingerprint density at radius 3 is 2.38 bits per heavy atom. The van der Waals surface area contributed by atoms with Crippen molar-refractivity contribution < 1.29 is 22.8 Å². The molecule has 5 nitrogen and oxygen atoms in total. The molecule has 1 fully saturated rings. The van der Waals surface area contributed by atoms with E-state index in [0.29, 0.717) is 11.1 Å². The second-order valence-corrected chi connectivity index (χ2v) is 8.13. The monoisotopic (exact) mass is 421 g/mol. The largest absolute Gasteiger partial charge is 0.416 e. The van der Waals surface area contributed by atoms with E-state index in [-0.39, 0.29) is 16.6 Å². The van der Waals surface area contributed by atoms with Gasteiger partial charge < -0.3 is 11.1 Å². The molecule has 0 aliphatic carbocycles. The summed E-state index contributed by atoms with van der Waals surface area (Å²) in [4.78, 5) is 28.1. The molecule has 3 N–H and O–H groups in total. The van der Waals surface area contributed by atoms with Crippen LogP contribution in [0.4, 0.5) is 13.2 Å². The summed E-state index contributed by atoms with van der Waals surface area (Å²) in [6.07, 6.45) is -4.49. The number of alkyl halides is 3. The third-order valence-electron chi connectivity index (χ3n) is 4.70. The average molecular weight is 421 g/mol. The molecule has 3 rings (SSSR count). The number of primary amides is 1. The Bertz CT molecular complexity index is 989. The summed E-state index contributed by atoms with van der Waals surface area (Å²) in [5, 5.41) is 2.88. The van der Waals surface area contributed by atoms with Crippen LogP contribution in [0.5, 0.6) is 0 Å². The maximum atomic E-state index is 13.3. The standard InChI is InChI=1S/C20H18F3N3O2S/c1-11(14-5-3-4-6-15(14)20(21,22)23)25-18-26-17(28)19(2,29-18)13-9-7-12(8-10-13)16(24)27/h3-11H,1-2H3,(H2,24,27)(H,25,26,28). The fraction of sp³-hybridized carbons (Fsp3) is 0.250. The van der Waals surface area contributed by atoms with Gasteiger partial charge >= 0.3 is 6.18 Å². The summed E-state index contributed by atoms with van der Waals surface area (Å²) < 4.78 is 38.8. The molecule has 0 spiro atoms. The predicted octanol–water partition coefficient (Wildman–Crippen LogP) is 4.00. The zero-order valence-electron chi connectivity index (χ0n) is 15.6. The topological polar surface area (TPSA) is 84.6 Å². The van der Waals surface area contributed by atoms with Crippen LogP contribution in [0.2, 0.25) is 0 Å². The number of amidine groups is 1. The molecular formula is C20H18F3N3O2S. The van der Waals surface area contributed by atoms with Gasteiger partial charge in [0.15, 0.2) is 5.17 Å². The molecule has 1 saturated heterocycles. The van der Waals surface area contributed by atoms with Crippen LogP contribution < -0.4 is 11.1 Å². The zero-order valence-corrected chi connectivity index (χ0v) is 16.4. The molecule has 29 heavy (non-hydrogen) atoms. The minimum absolute atomic E-state index is 0.0294. The van der Waals surface area contributed by atoms with Gasteiger partial charge in [0.05, 0.1) is 11.6 Å². The van der Waals surface area contributed by atoms with Crippen LogP contribution in [0.15, 0.2) is 53.5 Å². The van der Waals surface area contributed by atoms with Gasteiger partial charge in [0, 0.05) is 5.56 Å². The summed E-state index contributed by atoms with van der Waals surface area (Å²) in [6, 6.07) is 10.7. The molecule has 9 heteroatoms. The van der Waals surface area contributed by atoms with E-state index < -0.39 is 28.4 Å². The molecule has 2 amide bonds. The van der Waals surface area contributed by atoms with E-state index in [4.69, 9.17) is 5.73 Å².